The zero-order valence-electron chi connectivity index (χ0n) is 20.9. The molecule has 0 aromatic carbocycles. The summed E-state index contributed by atoms with van der Waals surface area (Å²) in [6.07, 6.45) is 2.45. The maximum Gasteiger partial charge on any atom is 0.404 e. The Labute approximate surface area is 223 Å². The fourth-order valence-corrected chi connectivity index (χ4v) is 5.96. The van der Waals surface area contributed by atoms with Crippen LogP contribution in [0.3, 0.4) is 0 Å². The second-order valence-corrected chi connectivity index (χ2v) is 10.5. The molecular weight excluding hydrogens is 508 g/mol. The van der Waals surface area contributed by atoms with Gasteiger partial charge in [-0.15, -0.1) is 11.8 Å². The topological polar surface area (TPSA) is 159 Å². The number of hydrogen-bond donors (Lipinski definition) is 5. The Bertz CT molecular complexity index is 1330. The molecule has 5 rings (SSSR count). The Morgan fingerprint density at radius 1 is 1.18 bits per heavy atom. The predicted molar refractivity (Wildman–Crippen MR) is 142 cm³/mol. The lowest BCUT2D eigenvalue weighted by atomic mass is 9.78. The quantitative estimate of drug-likeness (QED) is 0.288. The number of thioether (sulfide) groups is 1. The van der Waals surface area contributed by atoms with Crippen molar-refractivity contribution in [3.63, 3.8) is 0 Å². The number of aliphatic hydroxyl groups excluding tert-OH is 1. The van der Waals surface area contributed by atoms with Gasteiger partial charge in [-0.2, -0.15) is 0 Å². The minimum absolute atomic E-state index is 0.0418. The number of aliphatic hydroxyl groups is 1. The number of rotatable bonds is 8. The van der Waals surface area contributed by atoms with E-state index in [0.29, 0.717) is 40.6 Å². The molecule has 1 aliphatic heterocycles. The number of aromatic nitrogens is 3. The number of carboxylic acid groups (broad SMARTS) is 1. The van der Waals surface area contributed by atoms with Crippen molar-refractivity contribution in [1.82, 2.24) is 25.6 Å². The summed E-state index contributed by atoms with van der Waals surface area (Å²) in [5.74, 6) is 1.32. The molecule has 1 aliphatic carbocycles. The Morgan fingerprint density at radius 3 is 2.76 bits per heavy atom. The number of nitrogens with zero attached hydrogens (tertiary/aromatic N) is 3. The van der Waals surface area contributed by atoms with E-state index >= 15 is 0 Å². The predicted octanol–water partition coefficient (Wildman–Crippen LogP) is 3.10. The number of carbonyl (C=O) groups excluding carboxylic acids is 1. The molecule has 12 heteroatoms. The Balaban J connectivity index is 1.24. The van der Waals surface area contributed by atoms with Gasteiger partial charge in [-0.25, -0.2) is 14.8 Å². The second kappa shape index (κ2) is 11.5. The number of fused-ring (bicyclic) bond motifs is 2. The van der Waals surface area contributed by atoms with E-state index in [9.17, 15) is 19.8 Å². The molecule has 1 fully saturated rings. The molecule has 38 heavy (non-hydrogen) atoms. The van der Waals surface area contributed by atoms with Crippen LogP contribution >= 0.6 is 11.8 Å². The van der Waals surface area contributed by atoms with Crippen molar-refractivity contribution in [2.45, 2.75) is 55.3 Å². The molecule has 0 spiro atoms. The van der Waals surface area contributed by atoms with E-state index in [1.807, 2.05) is 12.1 Å². The van der Waals surface area contributed by atoms with E-state index in [2.05, 4.69) is 30.9 Å². The van der Waals surface area contributed by atoms with E-state index in [0.717, 1.165) is 36.3 Å². The largest absolute Gasteiger partial charge is 0.481 e. The first kappa shape index (κ1) is 26.1. The highest BCUT2D eigenvalue weighted by molar-refractivity contribution is 8.00. The maximum atomic E-state index is 11.7. The van der Waals surface area contributed by atoms with Gasteiger partial charge in [-0.05, 0) is 55.9 Å². The summed E-state index contributed by atoms with van der Waals surface area (Å²) >= 11 is 1.48. The standard InChI is InChI=1S/C26H30N6O5S/c1-37-21-9-7-18-23(31-21)17(10-11-27-18)24(34)22(32-26(35)36)14-2-4-15(5-3-14)28-12-16-6-8-19-25(29-16)30-20(33)13-38-19/h6-11,14-15,22,24,28,32,34H,2-5,12-13H2,1H3,(H,35,36)(H,29,30,33)/t14?,15?,22-,24-/m1/s1. The van der Waals surface area contributed by atoms with Crippen LogP contribution in [0.25, 0.3) is 11.0 Å². The van der Waals surface area contributed by atoms with Crippen molar-refractivity contribution >= 4 is 40.6 Å². The van der Waals surface area contributed by atoms with Gasteiger partial charge in [-0.1, -0.05) is 0 Å². The summed E-state index contributed by atoms with van der Waals surface area (Å²) in [6, 6.07) is 8.62. The van der Waals surface area contributed by atoms with Crippen molar-refractivity contribution in [3.05, 3.63) is 47.8 Å². The van der Waals surface area contributed by atoms with Crippen LogP contribution in [0.4, 0.5) is 10.6 Å². The average molecular weight is 539 g/mol. The lowest BCUT2D eigenvalue weighted by molar-refractivity contribution is -0.113. The highest BCUT2D eigenvalue weighted by Crippen LogP contribution is 2.35. The van der Waals surface area contributed by atoms with E-state index in [4.69, 9.17) is 4.74 Å². The molecule has 0 saturated heterocycles. The summed E-state index contributed by atoms with van der Waals surface area (Å²) in [5, 5.41) is 29.9. The molecule has 0 bridgehead atoms. The number of nitrogens with one attached hydrogen (secondary N) is 3. The minimum Gasteiger partial charge on any atom is -0.481 e. The number of hydrogen-bond acceptors (Lipinski definition) is 9. The van der Waals surface area contributed by atoms with Crippen LogP contribution in [0, 0.1) is 5.92 Å². The van der Waals surface area contributed by atoms with Crippen LogP contribution in [-0.4, -0.2) is 62.1 Å². The van der Waals surface area contributed by atoms with Gasteiger partial charge in [0, 0.05) is 30.4 Å². The van der Waals surface area contributed by atoms with Gasteiger partial charge in [0.15, 0.2) is 0 Å². The molecule has 3 aromatic rings. The Morgan fingerprint density at radius 2 is 2.00 bits per heavy atom. The lowest BCUT2D eigenvalue weighted by Gasteiger charge is -2.36. The molecule has 2 amide bonds. The molecule has 11 nitrogen and oxygen atoms in total. The number of methoxy groups -OCH3 is 1. The Hall–Kier alpha value is -3.48. The molecule has 1 saturated carbocycles. The maximum absolute atomic E-state index is 11.7. The minimum atomic E-state index is -1.18. The molecule has 2 aliphatic rings. The molecule has 2 atom stereocenters. The first-order chi connectivity index (χ1) is 18.4. The van der Waals surface area contributed by atoms with Crippen molar-refractivity contribution in [1.29, 1.82) is 0 Å². The summed E-state index contributed by atoms with van der Waals surface area (Å²) < 4.78 is 5.24. The molecule has 4 heterocycles. The summed E-state index contributed by atoms with van der Waals surface area (Å²) in [4.78, 5) is 37.7. The molecule has 5 N–H and O–H groups in total. The first-order valence-corrected chi connectivity index (χ1v) is 13.5. The fraction of sp³-hybridized carbons (Fsp3) is 0.423. The van der Waals surface area contributed by atoms with Crippen molar-refractivity contribution in [3.8, 4) is 5.88 Å². The van der Waals surface area contributed by atoms with Crippen molar-refractivity contribution in [2.75, 3.05) is 18.2 Å². The van der Waals surface area contributed by atoms with Crippen molar-refractivity contribution < 1.29 is 24.5 Å². The number of ether oxygens (including phenoxy) is 1. The van der Waals surface area contributed by atoms with Gasteiger partial charge >= 0.3 is 6.09 Å². The third-order valence-electron chi connectivity index (χ3n) is 7.13. The van der Waals surface area contributed by atoms with Crippen LogP contribution in [0.1, 0.15) is 43.0 Å². The first-order valence-electron chi connectivity index (χ1n) is 12.5. The third kappa shape index (κ3) is 5.82. The highest BCUT2D eigenvalue weighted by atomic mass is 32.2. The number of carbonyl (C=O) groups is 2. The van der Waals surface area contributed by atoms with Crippen LogP contribution in [0.5, 0.6) is 5.88 Å². The van der Waals surface area contributed by atoms with Gasteiger partial charge < -0.3 is 30.9 Å². The molecule has 0 radical (unpaired) electrons. The lowest BCUT2D eigenvalue weighted by Crippen LogP contribution is -2.46. The smallest absolute Gasteiger partial charge is 0.404 e. The fourth-order valence-electron chi connectivity index (χ4n) is 5.20. The number of amides is 2. The van der Waals surface area contributed by atoms with Gasteiger partial charge in [0.05, 0.1) is 40.5 Å². The normalized spacial score (nSPS) is 20.7. The van der Waals surface area contributed by atoms with Gasteiger partial charge in [0.1, 0.15) is 11.9 Å². The monoisotopic (exact) mass is 538 g/mol. The average Bonchev–Trinajstić information content (AvgIpc) is 2.93. The van der Waals surface area contributed by atoms with E-state index in [1.165, 1.54) is 18.9 Å². The van der Waals surface area contributed by atoms with Crippen molar-refractivity contribution in [2.24, 2.45) is 5.92 Å². The van der Waals surface area contributed by atoms with E-state index < -0.39 is 18.2 Å². The summed E-state index contributed by atoms with van der Waals surface area (Å²) in [5.41, 5.74) is 2.44. The van der Waals surface area contributed by atoms with Gasteiger partial charge in [0.2, 0.25) is 11.8 Å². The summed E-state index contributed by atoms with van der Waals surface area (Å²) in [7, 11) is 1.51. The zero-order chi connectivity index (χ0) is 26.6. The van der Waals surface area contributed by atoms with Crippen LogP contribution in [0.2, 0.25) is 0 Å². The molecule has 0 unspecified atom stereocenters. The van der Waals surface area contributed by atoms with E-state index in [1.54, 1.807) is 24.4 Å². The molecular formula is C26H30N6O5S. The number of pyridine rings is 3. The number of anilines is 1. The van der Waals surface area contributed by atoms with Crippen LogP contribution < -0.4 is 20.7 Å². The zero-order valence-corrected chi connectivity index (χ0v) is 21.7. The summed E-state index contributed by atoms with van der Waals surface area (Å²) in [6.45, 7) is 0.569. The third-order valence-corrected chi connectivity index (χ3v) is 8.18. The second-order valence-electron chi connectivity index (χ2n) is 9.52. The van der Waals surface area contributed by atoms with Crippen LogP contribution in [0.15, 0.2) is 41.4 Å². The van der Waals surface area contributed by atoms with Crippen LogP contribution in [-0.2, 0) is 11.3 Å². The van der Waals surface area contributed by atoms with Gasteiger partial charge in [0.25, 0.3) is 0 Å². The van der Waals surface area contributed by atoms with Gasteiger partial charge in [-0.3, -0.25) is 9.78 Å². The SMILES string of the molecule is COc1ccc2nccc([C@@H](O)[C@H](NC(=O)O)C3CCC(NCc4ccc5c(n4)NC(=O)CS5)CC3)c2n1. The highest BCUT2D eigenvalue weighted by Gasteiger charge is 2.35. The Kier molecular flexibility index (Phi) is 7.91. The molecule has 200 valence electrons. The van der Waals surface area contributed by atoms with E-state index in [-0.39, 0.29) is 17.9 Å². The molecule has 3 aromatic heterocycles.